The maximum atomic E-state index is 4.73. The van der Waals surface area contributed by atoms with Crippen molar-refractivity contribution in [1.82, 2.24) is 10.3 Å². The summed E-state index contributed by atoms with van der Waals surface area (Å²) in [7, 11) is 0. The van der Waals surface area contributed by atoms with Gasteiger partial charge in [0.15, 0.2) is 0 Å². The van der Waals surface area contributed by atoms with Crippen LogP contribution in [0.15, 0.2) is 5.38 Å². The predicted octanol–water partition coefficient (Wildman–Crippen LogP) is 3.08. The van der Waals surface area contributed by atoms with Crippen molar-refractivity contribution in [2.24, 2.45) is 0 Å². The number of nitrogens with one attached hydrogen (secondary N) is 1. The number of hydrogen-bond donors (Lipinski definition) is 1. The highest BCUT2D eigenvalue weighted by atomic mass is 32.1. The quantitative estimate of drug-likeness (QED) is 0.850. The van der Waals surface area contributed by atoms with E-state index < -0.39 is 0 Å². The van der Waals surface area contributed by atoms with E-state index in [2.05, 4.69) is 31.5 Å². The van der Waals surface area contributed by atoms with Crippen LogP contribution in [-0.4, -0.2) is 11.0 Å². The van der Waals surface area contributed by atoms with Gasteiger partial charge in [0, 0.05) is 11.4 Å². The van der Waals surface area contributed by atoms with Crippen molar-refractivity contribution < 1.29 is 0 Å². The molecule has 0 aliphatic heterocycles. The van der Waals surface area contributed by atoms with Crippen LogP contribution in [0.3, 0.4) is 0 Å². The van der Waals surface area contributed by atoms with Gasteiger partial charge in [0.1, 0.15) is 0 Å². The molecule has 0 bridgehead atoms. The van der Waals surface area contributed by atoms with Crippen LogP contribution in [0.25, 0.3) is 0 Å². The summed E-state index contributed by atoms with van der Waals surface area (Å²) in [6.45, 7) is 6.60. The Balaban J connectivity index is 2.18. The van der Waals surface area contributed by atoms with Gasteiger partial charge in [-0.25, -0.2) is 4.98 Å². The molecule has 15 heavy (non-hydrogen) atoms. The molecule has 1 saturated carbocycles. The third-order valence-electron chi connectivity index (χ3n) is 3.12. The molecular formula is C12H20N2S. The summed E-state index contributed by atoms with van der Waals surface area (Å²) in [5.74, 6) is 0. The highest BCUT2D eigenvalue weighted by Gasteiger charge is 2.40. The summed E-state index contributed by atoms with van der Waals surface area (Å²) in [6, 6.07) is 0.539. The first-order chi connectivity index (χ1) is 7.16. The van der Waals surface area contributed by atoms with Crippen molar-refractivity contribution in [3.8, 4) is 0 Å². The maximum absolute atomic E-state index is 4.73. The third kappa shape index (κ3) is 2.08. The van der Waals surface area contributed by atoms with E-state index in [0.717, 1.165) is 6.42 Å². The van der Waals surface area contributed by atoms with Crippen molar-refractivity contribution in [1.29, 1.82) is 0 Å². The van der Waals surface area contributed by atoms with E-state index >= 15 is 0 Å². The van der Waals surface area contributed by atoms with Crippen molar-refractivity contribution in [3.63, 3.8) is 0 Å². The predicted molar refractivity (Wildman–Crippen MR) is 65.3 cm³/mol. The fourth-order valence-corrected chi connectivity index (χ4v) is 3.09. The zero-order valence-electron chi connectivity index (χ0n) is 9.84. The molecule has 0 saturated heterocycles. The summed E-state index contributed by atoms with van der Waals surface area (Å²) in [5, 5.41) is 7.20. The second-order valence-corrected chi connectivity index (χ2v) is 5.66. The minimum absolute atomic E-state index is 0.206. The van der Waals surface area contributed by atoms with E-state index in [-0.39, 0.29) is 5.54 Å². The van der Waals surface area contributed by atoms with Crippen LogP contribution < -0.4 is 5.32 Å². The third-order valence-corrected chi connectivity index (χ3v) is 4.11. The van der Waals surface area contributed by atoms with Crippen LogP contribution in [-0.2, 0) is 12.0 Å². The molecule has 84 valence electrons. The monoisotopic (exact) mass is 224 g/mol. The van der Waals surface area contributed by atoms with Gasteiger partial charge >= 0.3 is 0 Å². The fraction of sp³-hybridized carbons (Fsp3) is 0.750. The topological polar surface area (TPSA) is 24.9 Å². The van der Waals surface area contributed by atoms with E-state index in [0.29, 0.717) is 6.04 Å². The Labute approximate surface area is 96.1 Å². The van der Waals surface area contributed by atoms with Crippen LogP contribution in [0.4, 0.5) is 0 Å². The molecule has 3 heteroatoms. The number of hydrogen-bond acceptors (Lipinski definition) is 3. The molecule has 2 rings (SSSR count). The number of rotatable bonds is 4. The lowest BCUT2D eigenvalue weighted by molar-refractivity contribution is 0.166. The molecule has 1 heterocycles. The Morgan fingerprint density at radius 2 is 2.27 bits per heavy atom. The Morgan fingerprint density at radius 3 is 2.67 bits per heavy atom. The van der Waals surface area contributed by atoms with Crippen molar-refractivity contribution in [3.05, 3.63) is 16.1 Å². The molecule has 0 spiro atoms. The average Bonchev–Trinajstić information content (AvgIpc) is 2.59. The van der Waals surface area contributed by atoms with Crippen LogP contribution in [0.5, 0.6) is 0 Å². The van der Waals surface area contributed by atoms with Gasteiger partial charge in [0.25, 0.3) is 0 Å². The lowest BCUT2D eigenvalue weighted by Gasteiger charge is -2.43. The van der Waals surface area contributed by atoms with Gasteiger partial charge in [-0.15, -0.1) is 11.3 Å². The van der Waals surface area contributed by atoms with E-state index in [9.17, 15) is 0 Å². The van der Waals surface area contributed by atoms with Gasteiger partial charge < -0.3 is 5.32 Å². The van der Waals surface area contributed by atoms with E-state index in [1.165, 1.54) is 30.0 Å². The Kier molecular flexibility index (Phi) is 3.12. The molecule has 0 radical (unpaired) electrons. The first kappa shape index (κ1) is 11.1. The van der Waals surface area contributed by atoms with Gasteiger partial charge in [-0.05, 0) is 39.5 Å². The minimum atomic E-state index is 0.206. The first-order valence-electron chi connectivity index (χ1n) is 5.89. The average molecular weight is 224 g/mol. The molecule has 1 fully saturated rings. The minimum Gasteiger partial charge on any atom is -0.304 e. The summed E-state index contributed by atoms with van der Waals surface area (Å²) in [6.07, 6.45) is 4.89. The zero-order chi connectivity index (χ0) is 10.9. The van der Waals surface area contributed by atoms with Crippen LogP contribution in [0.2, 0.25) is 0 Å². The first-order valence-corrected chi connectivity index (χ1v) is 6.77. The molecule has 0 unspecified atom stereocenters. The zero-order valence-corrected chi connectivity index (χ0v) is 10.7. The molecule has 1 aliphatic carbocycles. The molecule has 1 aromatic heterocycles. The molecule has 2 nitrogen and oxygen atoms in total. The summed E-state index contributed by atoms with van der Waals surface area (Å²) >= 11 is 1.80. The Morgan fingerprint density at radius 1 is 1.53 bits per heavy atom. The van der Waals surface area contributed by atoms with Gasteiger partial charge in [0.05, 0.1) is 16.2 Å². The van der Waals surface area contributed by atoms with Crippen molar-refractivity contribution in [2.45, 2.75) is 58.0 Å². The summed E-state index contributed by atoms with van der Waals surface area (Å²) in [5.41, 5.74) is 1.49. The van der Waals surface area contributed by atoms with E-state index in [4.69, 9.17) is 4.98 Å². The molecule has 1 N–H and O–H groups in total. The second kappa shape index (κ2) is 4.22. The number of aryl methyl sites for hydroxylation is 1. The smallest absolute Gasteiger partial charge is 0.0926 e. The maximum Gasteiger partial charge on any atom is 0.0926 e. The van der Waals surface area contributed by atoms with Crippen molar-refractivity contribution >= 4 is 11.3 Å². The van der Waals surface area contributed by atoms with Crippen LogP contribution in [0, 0.1) is 0 Å². The van der Waals surface area contributed by atoms with Crippen LogP contribution in [0.1, 0.15) is 50.7 Å². The molecular weight excluding hydrogens is 204 g/mol. The Bertz CT molecular complexity index is 326. The van der Waals surface area contributed by atoms with Crippen molar-refractivity contribution in [2.75, 3.05) is 0 Å². The van der Waals surface area contributed by atoms with Gasteiger partial charge in [0.2, 0.25) is 0 Å². The lowest BCUT2D eigenvalue weighted by Crippen LogP contribution is -2.51. The van der Waals surface area contributed by atoms with Crippen LogP contribution >= 0.6 is 11.3 Å². The van der Waals surface area contributed by atoms with Gasteiger partial charge in [-0.3, -0.25) is 0 Å². The molecule has 0 amide bonds. The summed E-state index contributed by atoms with van der Waals surface area (Å²) < 4.78 is 0. The Hall–Kier alpha value is -0.410. The fourth-order valence-electron chi connectivity index (χ4n) is 2.25. The number of nitrogens with zero attached hydrogens (tertiary/aromatic N) is 1. The lowest BCUT2D eigenvalue weighted by atomic mass is 9.74. The van der Waals surface area contributed by atoms with Gasteiger partial charge in [-0.1, -0.05) is 6.92 Å². The van der Waals surface area contributed by atoms with E-state index in [1.807, 2.05) is 0 Å². The highest BCUT2D eigenvalue weighted by molar-refractivity contribution is 7.09. The summed E-state index contributed by atoms with van der Waals surface area (Å²) in [4.78, 5) is 4.73. The number of thiazole rings is 1. The SMILES string of the molecule is CCc1nc(C2(NC(C)C)CCC2)cs1. The second-order valence-electron chi connectivity index (χ2n) is 4.71. The largest absolute Gasteiger partial charge is 0.304 e. The van der Waals surface area contributed by atoms with Gasteiger partial charge in [-0.2, -0.15) is 0 Å². The number of aromatic nitrogens is 1. The molecule has 1 aliphatic rings. The highest BCUT2D eigenvalue weighted by Crippen LogP contribution is 2.41. The van der Waals surface area contributed by atoms with E-state index in [1.54, 1.807) is 11.3 Å². The molecule has 1 aromatic rings. The molecule has 0 atom stereocenters. The molecule has 0 aromatic carbocycles. The standard InChI is InChI=1S/C12H20N2S/c1-4-11-13-10(8-15-11)12(6-5-7-12)14-9(2)3/h8-9,14H,4-7H2,1-3H3. The normalized spacial score (nSPS) is 19.2.